The second kappa shape index (κ2) is 6.70. The van der Waals surface area contributed by atoms with Gasteiger partial charge in [0.25, 0.3) is 0 Å². The number of thioether (sulfide) groups is 1. The van der Waals surface area contributed by atoms with Gasteiger partial charge in [-0.05, 0) is 31.9 Å². The largest absolute Gasteiger partial charge is 0.381 e. The van der Waals surface area contributed by atoms with E-state index < -0.39 is 0 Å². The van der Waals surface area contributed by atoms with Gasteiger partial charge in [0, 0.05) is 24.4 Å². The van der Waals surface area contributed by atoms with Crippen molar-refractivity contribution in [3.63, 3.8) is 0 Å². The van der Waals surface area contributed by atoms with Crippen molar-refractivity contribution in [2.45, 2.75) is 39.3 Å². The lowest BCUT2D eigenvalue weighted by Crippen LogP contribution is -2.41. The SMILES string of the molecule is CCSCC(C)NC(C)C1CCOC1. The number of ether oxygens (including phenoxy) is 1. The quantitative estimate of drug-likeness (QED) is 0.736. The zero-order valence-electron chi connectivity index (χ0n) is 9.58. The van der Waals surface area contributed by atoms with Crippen LogP contribution in [0.1, 0.15) is 27.2 Å². The van der Waals surface area contributed by atoms with Crippen LogP contribution in [0.4, 0.5) is 0 Å². The van der Waals surface area contributed by atoms with E-state index in [1.54, 1.807) is 0 Å². The molecule has 1 heterocycles. The van der Waals surface area contributed by atoms with E-state index in [4.69, 9.17) is 4.74 Å². The molecule has 1 saturated heterocycles. The topological polar surface area (TPSA) is 21.3 Å². The Balaban J connectivity index is 2.14. The molecular formula is C11H23NOS. The summed E-state index contributed by atoms with van der Waals surface area (Å²) in [4.78, 5) is 0. The summed E-state index contributed by atoms with van der Waals surface area (Å²) in [6.45, 7) is 8.67. The Kier molecular flexibility index (Phi) is 5.90. The Morgan fingerprint density at radius 2 is 2.29 bits per heavy atom. The van der Waals surface area contributed by atoms with Crippen LogP contribution in [0.2, 0.25) is 0 Å². The first-order valence-electron chi connectivity index (χ1n) is 5.65. The molecule has 0 spiro atoms. The summed E-state index contributed by atoms with van der Waals surface area (Å²) in [7, 11) is 0. The fourth-order valence-corrected chi connectivity index (χ4v) is 2.56. The number of nitrogens with one attached hydrogen (secondary N) is 1. The molecule has 0 aliphatic carbocycles. The first kappa shape index (κ1) is 12.3. The van der Waals surface area contributed by atoms with E-state index in [2.05, 4.69) is 26.1 Å². The first-order valence-corrected chi connectivity index (χ1v) is 6.81. The van der Waals surface area contributed by atoms with Gasteiger partial charge >= 0.3 is 0 Å². The van der Waals surface area contributed by atoms with Crippen molar-refractivity contribution in [3.05, 3.63) is 0 Å². The van der Waals surface area contributed by atoms with Crippen LogP contribution in [-0.2, 0) is 4.74 Å². The van der Waals surface area contributed by atoms with Gasteiger partial charge in [0.05, 0.1) is 6.61 Å². The third kappa shape index (κ3) is 4.20. The maximum Gasteiger partial charge on any atom is 0.0509 e. The van der Waals surface area contributed by atoms with E-state index in [0.717, 1.165) is 19.1 Å². The smallest absolute Gasteiger partial charge is 0.0509 e. The maximum absolute atomic E-state index is 5.40. The Bertz CT molecular complexity index is 148. The molecule has 0 amide bonds. The van der Waals surface area contributed by atoms with E-state index in [-0.39, 0.29) is 0 Å². The van der Waals surface area contributed by atoms with E-state index in [9.17, 15) is 0 Å². The van der Waals surface area contributed by atoms with Crippen molar-refractivity contribution < 1.29 is 4.74 Å². The molecule has 0 radical (unpaired) electrons. The zero-order valence-corrected chi connectivity index (χ0v) is 10.4. The lowest BCUT2D eigenvalue weighted by molar-refractivity contribution is 0.177. The molecule has 1 rings (SSSR count). The van der Waals surface area contributed by atoms with E-state index >= 15 is 0 Å². The Hall–Kier alpha value is 0.270. The van der Waals surface area contributed by atoms with Crippen LogP contribution in [0.5, 0.6) is 0 Å². The average molecular weight is 217 g/mol. The number of rotatable bonds is 6. The summed E-state index contributed by atoms with van der Waals surface area (Å²) in [5.74, 6) is 3.16. The molecule has 0 bridgehead atoms. The Labute approximate surface area is 92.2 Å². The third-order valence-corrected chi connectivity index (χ3v) is 3.94. The lowest BCUT2D eigenvalue weighted by Gasteiger charge is -2.23. The van der Waals surface area contributed by atoms with Gasteiger partial charge in [-0.1, -0.05) is 6.92 Å². The van der Waals surface area contributed by atoms with Gasteiger partial charge in [-0.3, -0.25) is 0 Å². The predicted molar refractivity (Wildman–Crippen MR) is 64.0 cm³/mol. The van der Waals surface area contributed by atoms with Gasteiger partial charge < -0.3 is 10.1 Å². The molecule has 0 aromatic heterocycles. The summed E-state index contributed by atoms with van der Waals surface area (Å²) < 4.78 is 5.40. The minimum atomic E-state index is 0.602. The van der Waals surface area contributed by atoms with E-state index in [0.29, 0.717) is 12.1 Å². The molecular weight excluding hydrogens is 194 g/mol. The van der Waals surface area contributed by atoms with Crippen molar-refractivity contribution in [1.29, 1.82) is 0 Å². The normalized spacial score (nSPS) is 26.4. The monoisotopic (exact) mass is 217 g/mol. The van der Waals surface area contributed by atoms with Crippen LogP contribution in [-0.4, -0.2) is 36.8 Å². The van der Waals surface area contributed by atoms with Crippen LogP contribution in [0.3, 0.4) is 0 Å². The molecule has 0 saturated carbocycles. The fourth-order valence-electron chi connectivity index (χ4n) is 1.87. The summed E-state index contributed by atoms with van der Waals surface area (Å²) in [6, 6.07) is 1.22. The first-order chi connectivity index (χ1) is 6.74. The maximum atomic E-state index is 5.40. The van der Waals surface area contributed by atoms with Gasteiger partial charge in [0.15, 0.2) is 0 Å². The molecule has 3 atom stereocenters. The van der Waals surface area contributed by atoms with Gasteiger partial charge in [-0.15, -0.1) is 0 Å². The van der Waals surface area contributed by atoms with Crippen molar-refractivity contribution in [1.82, 2.24) is 5.32 Å². The number of hydrogen-bond donors (Lipinski definition) is 1. The number of hydrogen-bond acceptors (Lipinski definition) is 3. The molecule has 1 aliphatic rings. The molecule has 1 fully saturated rings. The van der Waals surface area contributed by atoms with Crippen LogP contribution < -0.4 is 5.32 Å². The standard InChI is InChI=1S/C11H23NOS/c1-4-14-8-9(2)12-10(3)11-5-6-13-7-11/h9-12H,4-8H2,1-3H3. The van der Waals surface area contributed by atoms with Crippen LogP contribution >= 0.6 is 11.8 Å². The van der Waals surface area contributed by atoms with Crippen LogP contribution in [0, 0.1) is 5.92 Å². The summed E-state index contributed by atoms with van der Waals surface area (Å²) in [5.41, 5.74) is 0. The highest BCUT2D eigenvalue weighted by Gasteiger charge is 2.22. The van der Waals surface area contributed by atoms with Gasteiger partial charge in [-0.25, -0.2) is 0 Å². The van der Waals surface area contributed by atoms with Gasteiger partial charge in [0.2, 0.25) is 0 Å². The minimum absolute atomic E-state index is 0.602. The van der Waals surface area contributed by atoms with Crippen molar-refractivity contribution >= 4 is 11.8 Å². The minimum Gasteiger partial charge on any atom is -0.381 e. The summed E-state index contributed by atoms with van der Waals surface area (Å²) >= 11 is 2.01. The highest BCUT2D eigenvalue weighted by atomic mass is 32.2. The predicted octanol–water partition coefficient (Wildman–Crippen LogP) is 2.14. The molecule has 3 heteroatoms. The van der Waals surface area contributed by atoms with E-state index in [1.807, 2.05) is 11.8 Å². The van der Waals surface area contributed by atoms with Gasteiger partial charge in [0.1, 0.15) is 0 Å². The average Bonchev–Trinajstić information content (AvgIpc) is 2.67. The molecule has 1 N–H and O–H groups in total. The van der Waals surface area contributed by atoms with Crippen LogP contribution in [0.15, 0.2) is 0 Å². The molecule has 0 aromatic carbocycles. The molecule has 0 aromatic rings. The second-order valence-electron chi connectivity index (χ2n) is 4.14. The van der Waals surface area contributed by atoms with E-state index in [1.165, 1.54) is 17.9 Å². The van der Waals surface area contributed by atoms with Gasteiger partial charge in [-0.2, -0.15) is 11.8 Å². The van der Waals surface area contributed by atoms with Crippen molar-refractivity contribution in [3.8, 4) is 0 Å². The fraction of sp³-hybridized carbons (Fsp3) is 1.00. The second-order valence-corrected chi connectivity index (χ2v) is 5.46. The molecule has 2 nitrogen and oxygen atoms in total. The van der Waals surface area contributed by atoms with Crippen molar-refractivity contribution in [2.24, 2.45) is 5.92 Å². The Morgan fingerprint density at radius 3 is 2.86 bits per heavy atom. The molecule has 14 heavy (non-hydrogen) atoms. The lowest BCUT2D eigenvalue weighted by atomic mass is 10.0. The summed E-state index contributed by atoms with van der Waals surface area (Å²) in [5, 5.41) is 3.66. The Morgan fingerprint density at radius 1 is 1.50 bits per heavy atom. The van der Waals surface area contributed by atoms with Crippen molar-refractivity contribution in [2.75, 3.05) is 24.7 Å². The molecule has 3 unspecified atom stereocenters. The summed E-state index contributed by atoms with van der Waals surface area (Å²) in [6.07, 6.45) is 1.22. The molecule has 1 aliphatic heterocycles. The highest BCUT2D eigenvalue weighted by Crippen LogP contribution is 2.17. The molecule has 84 valence electrons. The third-order valence-electron chi connectivity index (χ3n) is 2.79. The zero-order chi connectivity index (χ0) is 10.4. The highest BCUT2D eigenvalue weighted by molar-refractivity contribution is 7.99. The van der Waals surface area contributed by atoms with Crippen LogP contribution in [0.25, 0.3) is 0 Å².